The second kappa shape index (κ2) is 5.98. The Morgan fingerprint density at radius 1 is 0.800 bits per heavy atom. The van der Waals surface area contributed by atoms with Gasteiger partial charge in [-0.25, -0.2) is 0 Å². The molecule has 0 radical (unpaired) electrons. The number of hydrogen-bond donors (Lipinski definition) is 0. The van der Waals surface area contributed by atoms with E-state index in [9.17, 15) is 0 Å². The minimum atomic E-state index is 0. The molecule has 0 aliphatic carbocycles. The number of nitrogens with one attached hydrogen (secondary N) is 1. The Morgan fingerprint density at radius 2 is 1.47 bits per heavy atom. The first-order valence-corrected chi connectivity index (χ1v) is 5.48. The number of hydrogen-bond acceptors (Lipinski definition) is 0. The van der Waals surface area contributed by atoms with Crippen molar-refractivity contribution in [2.75, 3.05) is 0 Å². The van der Waals surface area contributed by atoms with Gasteiger partial charge in [0.15, 0.2) is 0 Å². The van der Waals surface area contributed by atoms with Crippen molar-refractivity contribution in [3.63, 3.8) is 0 Å². The summed E-state index contributed by atoms with van der Waals surface area (Å²) in [5.41, 5.74) is 8.09. The molecule has 3 heteroatoms. The standard InChI is InChI=1S/C12H11NP.Li/c13-10-5-4-8-12(9-10)14-11-6-2-1-3-7-11;/h1-9,13-14H;/q-1;+1. The van der Waals surface area contributed by atoms with Crippen molar-refractivity contribution < 1.29 is 18.9 Å². The van der Waals surface area contributed by atoms with E-state index in [1.165, 1.54) is 10.6 Å². The Hall–Kier alpha value is -0.733. The van der Waals surface area contributed by atoms with Gasteiger partial charge in [-0.1, -0.05) is 63.2 Å². The molecule has 0 spiro atoms. The van der Waals surface area contributed by atoms with Gasteiger partial charge in [0.25, 0.3) is 0 Å². The van der Waals surface area contributed by atoms with Crippen molar-refractivity contribution >= 4 is 24.9 Å². The van der Waals surface area contributed by atoms with Crippen LogP contribution in [0.3, 0.4) is 0 Å². The van der Waals surface area contributed by atoms with Crippen molar-refractivity contribution in [3.8, 4) is 0 Å². The summed E-state index contributed by atoms with van der Waals surface area (Å²) in [6.45, 7) is 0. The predicted molar refractivity (Wildman–Crippen MR) is 64.4 cm³/mol. The molecule has 0 aromatic heterocycles. The molecule has 0 amide bonds. The molecular formula is C12H11LiNP. The third-order valence-electron chi connectivity index (χ3n) is 1.93. The number of benzene rings is 2. The summed E-state index contributed by atoms with van der Waals surface area (Å²) in [7, 11) is 0.653. The van der Waals surface area contributed by atoms with Crippen LogP contribution in [0.1, 0.15) is 0 Å². The van der Waals surface area contributed by atoms with Crippen molar-refractivity contribution in [1.82, 2.24) is 0 Å². The molecule has 2 aromatic carbocycles. The molecule has 70 valence electrons. The first kappa shape index (κ1) is 12.3. The minimum Gasteiger partial charge on any atom is -0.699 e. The van der Waals surface area contributed by atoms with Crippen LogP contribution in [0.15, 0.2) is 54.6 Å². The molecule has 0 aliphatic heterocycles. The first-order chi connectivity index (χ1) is 6.84. The topological polar surface area (TPSA) is 23.8 Å². The average Bonchev–Trinajstić information content (AvgIpc) is 2.19. The van der Waals surface area contributed by atoms with Crippen LogP contribution >= 0.6 is 8.58 Å². The van der Waals surface area contributed by atoms with E-state index < -0.39 is 0 Å². The molecule has 1 atom stereocenters. The van der Waals surface area contributed by atoms with Crippen molar-refractivity contribution in [2.45, 2.75) is 0 Å². The van der Waals surface area contributed by atoms with E-state index in [1.54, 1.807) is 6.07 Å². The zero-order valence-electron chi connectivity index (χ0n) is 8.70. The summed E-state index contributed by atoms with van der Waals surface area (Å²) >= 11 is 0. The second-order valence-electron chi connectivity index (χ2n) is 3.07. The fourth-order valence-electron chi connectivity index (χ4n) is 1.29. The van der Waals surface area contributed by atoms with Crippen LogP contribution < -0.4 is 29.5 Å². The molecule has 1 N–H and O–H groups in total. The van der Waals surface area contributed by atoms with Crippen LogP contribution in [0, 0.1) is 0 Å². The van der Waals surface area contributed by atoms with Crippen LogP contribution in [0.25, 0.3) is 5.73 Å². The molecule has 1 unspecified atom stereocenters. The molecule has 0 fully saturated rings. The molecule has 0 heterocycles. The van der Waals surface area contributed by atoms with Gasteiger partial charge in [-0.3, -0.25) is 0 Å². The zero-order valence-corrected chi connectivity index (χ0v) is 9.70. The fraction of sp³-hybridized carbons (Fsp3) is 0. The van der Waals surface area contributed by atoms with Crippen molar-refractivity contribution in [1.29, 1.82) is 0 Å². The van der Waals surface area contributed by atoms with Gasteiger partial charge >= 0.3 is 18.9 Å². The molecule has 0 aliphatic rings. The molecule has 0 saturated heterocycles. The van der Waals surface area contributed by atoms with Gasteiger partial charge in [-0.05, 0) is 10.6 Å². The normalized spacial score (nSPS) is 10.1. The van der Waals surface area contributed by atoms with Crippen LogP contribution in [-0.2, 0) is 0 Å². The Bertz CT molecular complexity index is 417. The van der Waals surface area contributed by atoms with E-state index in [2.05, 4.69) is 18.2 Å². The third-order valence-corrected chi connectivity index (χ3v) is 3.15. The Labute approximate surface area is 104 Å². The van der Waals surface area contributed by atoms with Crippen LogP contribution in [0.2, 0.25) is 0 Å². The summed E-state index contributed by atoms with van der Waals surface area (Å²) in [5.74, 6) is 0. The Balaban J connectivity index is 0.00000112. The third kappa shape index (κ3) is 3.72. The van der Waals surface area contributed by atoms with E-state index >= 15 is 0 Å². The summed E-state index contributed by atoms with van der Waals surface area (Å²) in [6.07, 6.45) is 0. The molecular weight excluding hydrogens is 196 g/mol. The van der Waals surface area contributed by atoms with Gasteiger partial charge < -0.3 is 5.73 Å². The average molecular weight is 207 g/mol. The number of rotatable bonds is 2. The largest absolute Gasteiger partial charge is 1.00 e. The minimum absolute atomic E-state index is 0. The molecule has 0 bridgehead atoms. The summed E-state index contributed by atoms with van der Waals surface area (Å²) in [4.78, 5) is 0. The van der Waals surface area contributed by atoms with Gasteiger partial charge in [0.2, 0.25) is 0 Å². The van der Waals surface area contributed by atoms with Crippen molar-refractivity contribution in [3.05, 3.63) is 60.3 Å². The smallest absolute Gasteiger partial charge is 0.699 e. The van der Waals surface area contributed by atoms with E-state index in [-0.39, 0.29) is 18.9 Å². The molecule has 2 rings (SSSR count). The zero-order chi connectivity index (χ0) is 9.80. The maximum atomic E-state index is 7.51. The van der Waals surface area contributed by atoms with E-state index in [4.69, 9.17) is 5.73 Å². The van der Waals surface area contributed by atoms with Crippen LogP contribution in [0.5, 0.6) is 0 Å². The Kier molecular flexibility index (Phi) is 4.92. The summed E-state index contributed by atoms with van der Waals surface area (Å²) in [5, 5.41) is 2.54. The van der Waals surface area contributed by atoms with Crippen molar-refractivity contribution in [2.24, 2.45) is 0 Å². The second-order valence-corrected chi connectivity index (χ2v) is 4.48. The molecule has 1 nitrogen and oxygen atoms in total. The molecule has 2 aromatic rings. The van der Waals surface area contributed by atoms with Crippen LogP contribution in [-0.4, -0.2) is 0 Å². The van der Waals surface area contributed by atoms with Gasteiger partial charge in [-0.2, -0.15) is 0 Å². The van der Waals surface area contributed by atoms with Gasteiger partial charge in [-0.15, -0.1) is 5.69 Å². The summed E-state index contributed by atoms with van der Waals surface area (Å²) < 4.78 is 0. The maximum absolute atomic E-state index is 7.51. The Morgan fingerprint density at radius 3 is 2.13 bits per heavy atom. The van der Waals surface area contributed by atoms with E-state index in [1.807, 2.05) is 30.3 Å². The van der Waals surface area contributed by atoms with Gasteiger partial charge in [0, 0.05) is 0 Å². The first-order valence-electron chi connectivity index (χ1n) is 4.48. The van der Waals surface area contributed by atoms with E-state index in [0.29, 0.717) is 14.3 Å². The quantitative estimate of drug-likeness (QED) is 0.489. The van der Waals surface area contributed by atoms with Crippen LogP contribution in [0.4, 0.5) is 5.69 Å². The molecule has 15 heavy (non-hydrogen) atoms. The maximum Gasteiger partial charge on any atom is 1.00 e. The summed E-state index contributed by atoms with van der Waals surface area (Å²) in [6, 6.07) is 18.1. The fourth-order valence-corrected chi connectivity index (χ4v) is 2.38. The SMILES string of the molecule is [Li+].[NH-]c1cccc(Pc2ccccc2)c1. The van der Waals surface area contributed by atoms with Gasteiger partial charge in [0.05, 0.1) is 0 Å². The van der Waals surface area contributed by atoms with E-state index in [0.717, 1.165) is 0 Å². The molecule has 0 saturated carbocycles. The van der Waals surface area contributed by atoms with Gasteiger partial charge in [0.1, 0.15) is 0 Å². The monoisotopic (exact) mass is 207 g/mol. The predicted octanol–water partition coefficient (Wildman–Crippen LogP) is 0.00360.